The van der Waals surface area contributed by atoms with Gasteiger partial charge in [-0.3, -0.25) is 0 Å². The first-order valence-corrected chi connectivity index (χ1v) is 3.89. The molecule has 0 saturated heterocycles. The van der Waals surface area contributed by atoms with Gasteiger partial charge in [-0.1, -0.05) is 0 Å². The van der Waals surface area contributed by atoms with Gasteiger partial charge in [-0.15, -0.1) is 23.2 Å². The molecule has 0 aliphatic carbocycles. The van der Waals surface area contributed by atoms with E-state index in [9.17, 15) is 5.02 Å². The second-order valence-corrected chi connectivity index (χ2v) is 2.16. The fourth-order valence-electron chi connectivity index (χ4n) is 0.330. The lowest BCUT2D eigenvalue weighted by atomic mass is 10.2. The summed E-state index contributed by atoms with van der Waals surface area (Å²) in [4.78, 5) is 0. The first-order valence-electron chi connectivity index (χ1n) is 2.82. The van der Waals surface area contributed by atoms with E-state index in [1.807, 2.05) is 0 Å². The van der Waals surface area contributed by atoms with Crippen LogP contribution in [0.25, 0.3) is 0 Å². The Bertz CT molecular complexity index is 67.5. The van der Waals surface area contributed by atoms with E-state index >= 15 is 0 Å². The minimum absolute atomic E-state index is 0.206. The molecule has 10 heavy (non-hydrogen) atoms. The maximum absolute atomic E-state index is 10.5. The average molecular weight is 186 g/mol. The highest BCUT2D eigenvalue weighted by atomic mass is 35.5. The van der Waals surface area contributed by atoms with Gasteiger partial charge in [0.2, 0.25) is 0 Å². The topological polar surface area (TPSA) is 38.4 Å². The van der Waals surface area contributed by atoms with Crippen molar-refractivity contribution in [3.63, 3.8) is 0 Å². The maximum atomic E-state index is 10.5. The van der Waals surface area contributed by atoms with E-state index in [0.717, 1.165) is 0 Å². The van der Waals surface area contributed by atoms with Gasteiger partial charge in [0.05, 0.1) is 0 Å². The highest BCUT2D eigenvalue weighted by Crippen LogP contribution is 1.88. The molecule has 0 bridgehead atoms. The normalized spacial score (nSPS) is 9.90. The molecule has 59 valence electrons. The molecule has 0 spiro atoms. The SMILES string of the molecule is [O]B(OCCCl)OCCCl. The van der Waals surface area contributed by atoms with Gasteiger partial charge in [0, 0.05) is 25.0 Å². The largest absolute Gasteiger partial charge is 0.667 e. The molecule has 0 saturated carbocycles. The average Bonchev–Trinajstić information content (AvgIpc) is 1.97. The lowest BCUT2D eigenvalue weighted by Crippen LogP contribution is -2.23. The molecule has 0 aromatic rings. The van der Waals surface area contributed by atoms with E-state index in [0.29, 0.717) is 11.8 Å². The quantitative estimate of drug-likeness (QED) is 0.456. The van der Waals surface area contributed by atoms with Crippen LogP contribution in [0.5, 0.6) is 0 Å². The summed E-state index contributed by atoms with van der Waals surface area (Å²) in [7, 11) is -1.45. The number of alkyl halides is 2. The molecule has 3 nitrogen and oxygen atoms in total. The minimum atomic E-state index is -1.45. The van der Waals surface area contributed by atoms with E-state index in [2.05, 4.69) is 9.31 Å². The Morgan fingerprint density at radius 1 is 1.10 bits per heavy atom. The molecular weight excluding hydrogens is 178 g/mol. The monoisotopic (exact) mass is 185 g/mol. The van der Waals surface area contributed by atoms with Crippen LogP contribution in [0.4, 0.5) is 0 Å². The summed E-state index contributed by atoms with van der Waals surface area (Å²) >= 11 is 10.5. The van der Waals surface area contributed by atoms with E-state index in [1.165, 1.54) is 0 Å². The van der Waals surface area contributed by atoms with Crippen molar-refractivity contribution in [2.24, 2.45) is 0 Å². The van der Waals surface area contributed by atoms with Crippen molar-refractivity contribution < 1.29 is 14.3 Å². The highest BCUT2D eigenvalue weighted by molar-refractivity contribution is 6.34. The Kier molecular flexibility index (Phi) is 8.03. The van der Waals surface area contributed by atoms with E-state index < -0.39 is 7.32 Å². The van der Waals surface area contributed by atoms with Crippen molar-refractivity contribution in [2.45, 2.75) is 0 Å². The maximum Gasteiger partial charge on any atom is 0.667 e. The van der Waals surface area contributed by atoms with E-state index in [4.69, 9.17) is 23.2 Å². The Hall–Kier alpha value is 0.525. The predicted molar refractivity (Wildman–Crippen MR) is 39.8 cm³/mol. The Morgan fingerprint density at radius 2 is 1.50 bits per heavy atom. The van der Waals surface area contributed by atoms with Crippen molar-refractivity contribution in [3.8, 4) is 0 Å². The van der Waals surface area contributed by atoms with Crippen LogP contribution in [-0.4, -0.2) is 32.3 Å². The number of halogens is 2. The summed E-state index contributed by atoms with van der Waals surface area (Å²) in [6, 6.07) is 0. The second-order valence-electron chi connectivity index (χ2n) is 1.41. The van der Waals surface area contributed by atoms with Crippen LogP contribution >= 0.6 is 23.2 Å². The third kappa shape index (κ3) is 6.64. The third-order valence-electron chi connectivity index (χ3n) is 0.662. The molecule has 0 aliphatic heterocycles. The lowest BCUT2D eigenvalue weighted by Gasteiger charge is -2.02. The smallest absolute Gasteiger partial charge is 0.383 e. The van der Waals surface area contributed by atoms with Crippen molar-refractivity contribution in [1.29, 1.82) is 0 Å². The number of hydrogen-bond donors (Lipinski definition) is 0. The molecule has 6 heteroatoms. The van der Waals surface area contributed by atoms with E-state index in [-0.39, 0.29) is 13.2 Å². The Balaban J connectivity index is 3.00. The summed E-state index contributed by atoms with van der Waals surface area (Å²) in [5, 5.41) is 10.5. The minimum Gasteiger partial charge on any atom is -0.383 e. The van der Waals surface area contributed by atoms with Crippen LogP contribution in [0.15, 0.2) is 0 Å². The second kappa shape index (κ2) is 7.63. The summed E-state index contributed by atoms with van der Waals surface area (Å²) in [6.07, 6.45) is 0. The first-order chi connectivity index (χ1) is 4.81. The Labute approximate surface area is 70.4 Å². The van der Waals surface area contributed by atoms with Crippen LogP contribution in [0.2, 0.25) is 0 Å². The summed E-state index contributed by atoms with van der Waals surface area (Å²) in [5.41, 5.74) is 0. The van der Waals surface area contributed by atoms with Gasteiger partial charge in [0.15, 0.2) is 0 Å². The molecular formula is C4H8BCl2O3. The van der Waals surface area contributed by atoms with Crippen LogP contribution < -0.4 is 0 Å². The lowest BCUT2D eigenvalue weighted by molar-refractivity contribution is 0.121. The molecule has 0 aliphatic rings. The highest BCUT2D eigenvalue weighted by Gasteiger charge is 2.16. The van der Waals surface area contributed by atoms with Crippen molar-refractivity contribution in [2.75, 3.05) is 25.0 Å². The molecule has 0 amide bonds. The number of hydrogen-bond acceptors (Lipinski definition) is 2. The summed E-state index contributed by atoms with van der Waals surface area (Å²) < 4.78 is 9.05. The van der Waals surface area contributed by atoms with Crippen molar-refractivity contribution >= 4 is 30.5 Å². The molecule has 0 heterocycles. The van der Waals surface area contributed by atoms with Gasteiger partial charge in [0.25, 0.3) is 0 Å². The van der Waals surface area contributed by atoms with Crippen LogP contribution in [0.1, 0.15) is 0 Å². The zero-order chi connectivity index (χ0) is 7.82. The zero-order valence-electron chi connectivity index (χ0n) is 5.39. The summed E-state index contributed by atoms with van der Waals surface area (Å²) in [5.74, 6) is 0.589. The van der Waals surface area contributed by atoms with Crippen molar-refractivity contribution in [3.05, 3.63) is 0 Å². The fraction of sp³-hybridized carbons (Fsp3) is 1.00. The molecule has 0 aromatic heterocycles. The fourth-order valence-corrected chi connectivity index (χ4v) is 0.508. The zero-order valence-corrected chi connectivity index (χ0v) is 6.90. The molecule has 0 unspecified atom stereocenters. The van der Waals surface area contributed by atoms with Gasteiger partial charge >= 0.3 is 7.32 Å². The third-order valence-corrected chi connectivity index (χ3v) is 0.971. The van der Waals surface area contributed by atoms with Crippen LogP contribution in [0.3, 0.4) is 0 Å². The summed E-state index contributed by atoms with van der Waals surface area (Å²) in [6.45, 7) is 0.413. The van der Waals surface area contributed by atoms with E-state index in [1.54, 1.807) is 0 Å². The standard InChI is InChI=1S/C4H8BCl2O3/c6-1-3-9-5(8)10-4-2-7/h1-4H2. The first kappa shape index (κ1) is 10.5. The molecule has 1 radical (unpaired) electrons. The molecule has 0 rings (SSSR count). The molecule has 0 aromatic carbocycles. The Morgan fingerprint density at radius 3 is 1.80 bits per heavy atom. The molecule has 0 atom stereocenters. The van der Waals surface area contributed by atoms with Gasteiger partial charge in [-0.25, -0.2) is 5.02 Å². The van der Waals surface area contributed by atoms with Crippen LogP contribution in [-0.2, 0) is 14.3 Å². The number of rotatable bonds is 6. The van der Waals surface area contributed by atoms with Gasteiger partial charge in [-0.05, 0) is 0 Å². The predicted octanol–water partition coefficient (Wildman–Crippen LogP) is 0.913. The molecule has 0 N–H and O–H groups in total. The van der Waals surface area contributed by atoms with Gasteiger partial charge in [-0.2, -0.15) is 0 Å². The molecule has 0 fully saturated rings. The van der Waals surface area contributed by atoms with Gasteiger partial charge in [0.1, 0.15) is 0 Å². The van der Waals surface area contributed by atoms with Gasteiger partial charge < -0.3 is 9.31 Å². The van der Waals surface area contributed by atoms with Crippen LogP contribution in [0, 0.1) is 0 Å². The van der Waals surface area contributed by atoms with Crippen molar-refractivity contribution in [1.82, 2.24) is 0 Å².